The largest absolute Gasteiger partial charge is 0.468 e. The summed E-state index contributed by atoms with van der Waals surface area (Å²) in [6.07, 6.45) is 2.35. The normalized spacial score (nSPS) is 12.1. The van der Waals surface area contributed by atoms with Gasteiger partial charge in [-0.2, -0.15) is 0 Å². The summed E-state index contributed by atoms with van der Waals surface area (Å²) in [5.74, 6) is 1.45. The van der Waals surface area contributed by atoms with Gasteiger partial charge in [0.25, 0.3) is 0 Å². The van der Waals surface area contributed by atoms with Crippen molar-refractivity contribution < 1.29 is 9.21 Å². The molecule has 0 saturated carbocycles. The molecule has 1 N–H and O–H groups in total. The second-order valence-corrected chi connectivity index (χ2v) is 6.44. The predicted octanol–water partition coefficient (Wildman–Crippen LogP) is 5.24. The minimum Gasteiger partial charge on any atom is -0.468 e. The first-order valence-electron chi connectivity index (χ1n) is 6.50. The van der Waals surface area contributed by atoms with Crippen molar-refractivity contribution in [2.75, 3.05) is 5.32 Å². The molecule has 1 atom stereocenters. The first-order valence-corrected chi connectivity index (χ1v) is 8.30. The topological polar surface area (TPSA) is 42.2 Å². The first-order chi connectivity index (χ1) is 10.1. The molecule has 21 heavy (non-hydrogen) atoms. The summed E-state index contributed by atoms with van der Waals surface area (Å²) >= 11 is 13.4. The molecule has 0 fully saturated rings. The predicted molar refractivity (Wildman–Crippen MR) is 89.2 cm³/mol. The van der Waals surface area contributed by atoms with Crippen molar-refractivity contribution in [1.82, 2.24) is 0 Å². The van der Waals surface area contributed by atoms with E-state index in [4.69, 9.17) is 27.6 Å². The third-order valence-electron chi connectivity index (χ3n) is 2.86. The van der Waals surface area contributed by atoms with Gasteiger partial charge in [-0.1, -0.05) is 30.1 Å². The minimum absolute atomic E-state index is 0.0710. The Morgan fingerprint density at radius 1 is 1.38 bits per heavy atom. The number of hydrogen-bond donors (Lipinski definition) is 1. The molecule has 3 nitrogen and oxygen atoms in total. The summed E-state index contributed by atoms with van der Waals surface area (Å²) < 4.78 is 5.27. The molecule has 0 saturated heterocycles. The lowest BCUT2D eigenvalue weighted by Crippen LogP contribution is -2.24. The number of rotatable bonds is 6. The number of nitrogens with one attached hydrogen (secondary N) is 1. The van der Waals surface area contributed by atoms with E-state index in [1.807, 2.05) is 19.1 Å². The van der Waals surface area contributed by atoms with Crippen LogP contribution < -0.4 is 5.32 Å². The van der Waals surface area contributed by atoms with E-state index < -0.39 is 0 Å². The van der Waals surface area contributed by atoms with Crippen LogP contribution in [0.25, 0.3) is 0 Å². The molecule has 2 rings (SSSR count). The molecule has 6 heteroatoms. The molecule has 0 radical (unpaired) electrons. The quantitative estimate of drug-likeness (QED) is 0.779. The van der Waals surface area contributed by atoms with Gasteiger partial charge in [-0.05, 0) is 36.8 Å². The first kappa shape index (κ1) is 16.3. The van der Waals surface area contributed by atoms with Gasteiger partial charge in [-0.25, -0.2) is 0 Å². The SMILES string of the molecule is CCC(SCc1ccco1)C(=O)Nc1ccc(Cl)cc1Cl. The van der Waals surface area contributed by atoms with Crippen LogP contribution in [0.3, 0.4) is 0 Å². The maximum absolute atomic E-state index is 12.3. The molecule has 112 valence electrons. The van der Waals surface area contributed by atoms with E-state index in [0.29, 0.717) is 21.5 Å². The second-order valence-electron chi connectivity index (χ2n) is 4.40. The summed E-state index contributed by atoms with van der Waals surface area (Å²) in [6.45, 7) is 1.98. The van der Waals surface area contributed by atoms with Crippen molar-refractivity contribution in [3.8, 4) is 0 Å². The molecule has 0 aliphatic rings. The highest BCUT2D eigenvalue weighted by atomic mass is 35.5. The number of furan rings is 1. The molecule has 1 aromatic heterocycles. The Morgan fingerprint density at radius 2 is 2.19 bits per heavy atom. The second kappa shape index (κ2) is 7.78. The molecular weight excluding hydrogens is 329 g/mol. The van der Waals surface area contributed by atoms with E-state index in [9.17, 15) is 4.79 Å². The van der Waals surface area contributed by atoms with Gasteiger partial charge in [0.15, 0.2) is 0 Å². The van der Waals surface area contributed by atoms with Crippen LogP contribution in [-0.2, 0) is 10.5 Å². The van der Waals surface area contributed by atoms with Crippen LogP contribution in [0.1, 0.15) is 19.1 Å². The Bertz CT molecular complexity index is 602. The van der Waals surface area contributed by atoms with E-state index in [0.717, 1.165) is 12.2 Å². The molecule has 0 bridgehead atoms. The lowest BCUT2D eigenvalue weighted by molar-refractivity contribution is -0.115. The zero-order chi connectivity index (χ0) is 15.2. The van der Waals surface area contributed by atoms with E-state index in [-0.39, 0.29) is 11.2 Å². The Hall–Kier alpha value is -1.10. The van der Waals surface area contributed by atoms with Crippen molar-refractivity contribution in [1.29, 1.82) is 0 Å². The van der Waals surface area contributed by atoms with Gasteiger partial charge in [0, 0.05) is 5.02 Å². The average Bonchev–Trinajstić information content (AvgIpc) is 2.96. The Labute approximate surface area is 138 Å². The molecule has 0 aliphatic heterocycles. The third-order valence-corrected chi connectivity index (χ3v) is 4.81. The number of thioether (sulfide) groups is 1. The van der Waals surface area contributed by atoms with Crippen LogP contribution in [0, 0.1) is 0 Å². The van der Waals surface area contributed by atoms with E-state index >= 15 is 0 Å². The number of amides is 1. The fraction of sp³-hybridized carbons (Fsp3) is 0.267. The van der Waals surface area contributed by atoms with Gasteiger partial charge < -0.3 is 9.73 Å². The Morgan fingerprint density at radius 3 is 2.81 bits per heavy atom. The smallest absolute Gasteiger partial charge is 0.237 e. The zero-order valence-corrected chi connectivity index (χ0v) is 13.8. The van der Waals surface area contributed by atoms with E-state index in [1.54, 1.807) is 36.2 Å². The maximum atomic E-state index is 12.3. The fourth-order valence-corrected chi connectivity index (χ4v) is 3.19. The maximum Gasteiger partial charge on any atom is 0.237 e. The number of halogens is 2. The number of carbonyl (C=O) groups is 1. The highest BCUT2D eigenvalue weighted by Gasteiger charge is 2.18. The van der Waals surface area contributed by atoms with Gasteiger partial charge in [0.2, 0.25) is 5.91 Å². The summed E-state index contributed by atoms with van der Waals surface area (Å²) in [7, 11) is 0. The van der Waals surface area contributed by atoms with Crippen LogP contribution in [0.5, 0.6) is 0 Å². The number of benzene rings is 1. The van der Waals surface area contributed by atoms with Crippen LogP contribution >= 0.6 is 35.0 Å². The molecule has 2 aromatic rings. The van der Waals surface area contributed by atoms with Crippen LogP contribution in [0.15, 0.2) is 41.0 Å². The molecule has 1 heterocycles. The summed E-state index contributed by atoms with van der Waals surface area (Å²) in [5, 5.41) is 3.64. The highest BCUT2D eigenvalue weighted by molar-refractivity contribution is 7.99. The Balaban J connectivity index is 1.96. The van der Waals surface area contributed by atoms with Gasteiger partial charge in [0.1, 0.15) is 5.76 Å². The zero-order valence-electron chi connectivity index (χ0n) is 11.4. The molecule has 1 unspecified atom stereocenters. The van der Waals surface area contributed by atoms with Crippen molar-refractivity contribution in [3.63, 3.8) is 0 Å². The standard InChI is InChI=1S/C15H15Cl2NO2S/c1-2-14(21-9-11-4-3-7-20-11)15(19)18-13-6-5-10(16)8-12(13)17/h3-8,14H,2,9H2,1H3,(H,18,19). The number of carbonyl (C=O) groups excluding carboxylic acids is 1. The van der Waals surface area contributed by atoms with Gasteiger partial charge >= 0.3 is 0 Å². The van der Waals surface area contributed by atoms with Gasteiger partial charge in [0.05, 0.1) is 28.0 Å². The van der Waals surface area contributed by atoms with Crippen LogP contribution in [0.2, 0.25) is 10.0 Å². The highest BCUT2D eigenvalue weighted by Crippen LogP contribution is 2.27. The van der Waals surface area contributed by atoms with E-state index in [2.05, 4.69) is 5.32 Å². The monoisotopic (exact) mass is 343 g/mol. The summed E-state index contributed by atoms with van der Waals surface area (Å²) in [6, 6.07) is 8.74. The minimum atomic E-state index is -0.165. The van der Waals surface area contributed by atoms with E-state index in [1.165, 1.54) is 0 Å². The van der Waals surface area contributed by atoms with Crippen LogP contribution in [-0.4, -0.2) is 11.2 Å². The van der Waals surface area contributed by atoms with Gasteiger partial charge in [-0.15, -0.1) is 11.8 Å². The van der Waals surface area contributed by atoms with Gasteiger partial charge in [-0.3, -0.25) is 4.79 Å². The van der Waals surface area contributed by atoms with Crippen molar-refractivity contribution in [2.45, 2.75) is 24.3 Å². The van der Waals surface area contributed by atoms with Crippen molar-refractivity contribution >= 4 is 46.6 Å². The number of hydrogen-bond acceptors (Lipinski definition) is 3. The molecule has 0 spiro atoms. The molecule has 1 amide bonds. The lowest BCUT2D eigenvalue weighted by atomic mass is 10.2. The van der Waals surface area contributed by atoms with Crippen molar-refractivity contribution in [3.05, 3.63) is 52.4 Å². The number of anilines is 1. The summed E-state index contributed by atoms with van der Waals surface area (Å²) in [5.41, 5.74) is 0.572. The summed E-state index contributed by atoms with van der Waals surface area (Å²) in [4.78, 5) is 12.3. The molecular formula is C15H15Cl2NO2S. The lowest BCUT2D eigenvalue weighted by Gasteiger charge is -2.15. The van der Waals surface area contributed by atoms with Crippen LogP contribution in [0.4, 0.5) is 5.69 Å². The average molecular weight is 344 g/mol. The molecule has 1 aromatic carbocycles. The fourth-order valence-electron chi connectivity index (χ4n) is 1.76. The molecule has 0 aliphatic carbocycles. The third kappa shape index (κ3) is 4.70. The Kier molecular flexibility index (Phi) is 6.03. The van der Waals surface area contributed by atoms with Crippen molar-refractivity contribution in [2.24, 2.45) is 0 Å².